The van der Waals surface area contributed by atoms with Gasteiger partial charge in [-0.15, -0.1) is 0 Å². The summed E-state index contributed by atoms with van der Waals surface area (Å²) < 4.78 is 22.4. The van der Waals surface area contributed by atoms with Gasteiger partial charge >= 0.3 is 0 Å². The van der Waals surface area contributed by atoms with Crippen LogP contribution in [0.15, 0.2) is 24.3 Å². The second-order valence-electron chi connectivity index (χ2n) is 3.41. The summed E-state index contributed by atoms with van der Waals surface area (Å²) in [4.78, 5) is 0. The van der Waals surface area contributed by atoms with Crippen molar-refractivity contribution in [3.8, 4) is 11.5 Å². The molecule has 0 aliphatic carbocycles. The molecular formula is C12H17FN2O2. The molecule has 0 bridgehead atoms. The lowest BCUT2D eigenvalue weighted by molar-refractivity contribution is 0.272. The zero-order valence-corrected chi connectivity index (χ0v) is 9.83. The highest BCUT2D eigenvalue weighted by Crippen LogP contribution is 2.17. The minimum Gasteiger partial charge on any atom is -0.492 e. The van der Waals surface area contributed by atoms with Crippen LogP contribution in [0.3, 0.4) is 0 Å². The zero-order valence-electron chi connectivity index (χ0n) is 9.83. The number of alkyl halides is 1. The first kappa shape index (κ1) is 13.3. The second kappa shape index (κ2) is 7.49. The van der Waals surface area contributed by atoms with E-state index in [1.54, 1.807) is 31.2 Å². The molecule has 94 valence electrons. The van der Waals surface area contributed by atoms with Gasteiger partial charge in [-0.3, -0.25) is 5.41 Å². The van der Waals surface area contributed by atoms with Gasteiger partial charge in [0.2, 0.25) is 0 Å². The van der Waals surface area contributed by atoms with Crippen LogP contribution in [-0.4, -0.2) is 32.3 Å². The minimum absolute atomic E-state index is 0.0722. The number of halogens is 1. The van der Waals surface area contributed by atoms with Crippen molar-refractivity contribution in [1.29, 1.82) is 5.41 Å². The maximum absolute atomic E-state index is 11.9. The van der Waals surface area contributed by atoms with Crippen LogP contribution in [-0.2, 0) is 0 Å². The van der Waals surface area contributed by atoms with E-state index in [1.165, 1.54) is 0 Å². The van der Waals surface area contributed by atoms with Crippen molar-refractivity contribution in [1.82, 2.24) is 5.32 Å². The van der Waals surface area contributed by atoms with Crippen molar-refractivity contribution >= 4 is 5.84 Å². The number of hydrogen-bond donors (Lipinski definition) is 2. The Balaban J connectivity index is 2.27. The number of ether oxygens (including phenoxy) is 2. The Morgan fingerprint density at radius 1 is 1.18 bits per heavy atom. The van der Waals surface area contributed by atoms with Crippen LogP contribution < -0.4 is 14.8 Å². The molecule has 1 aromatic rings. The van der Waals surface area contributed by atoms with E-state index in [9.17, 15) is 4.39 Å². The average molecular weight is 240 g/mol. The second-order valence-corrected chi connectivity index (χ2v) is 3.41. The first-order valence-corrected chi connectivity index (χ1v) is 5.43. The van der Waals surface area contributed by atoms with E-state index in [1.807, 2.05) is 0 Å². The van der Waals surface area contributed by atoms with E-state index >= 15 is 0 Å². The Bertz CT molecular complexity index is 341. The summed E-state index contributed by atoms with van der Waals surface area (Å²) in [6.07, 6.45) is 0. The summed E-state index contributed by atoms with van der Waals surface area (Å²) in [7, 11) is 0. The largest absolute Gasteiger partial charge is 0.492 e. The Labute approximate surface area is 100 Å². The van der Waals surface area contributed by atoms with E-state index in [-0.39, 0.29) is 6.61 Å². The van der Waals surface area contributed by atoms with Crippen LogP contribution in [0.5, 0.6) is 11.5 Å². The molecule has 1 rings (SSSR count). The van der Waals surface area contributed by atoms with Crippen LogP contribution in [0.25, 0.3) is 0 Å². The van der Waals surface area contributed by atoms with Crippen molar-refractivity contribution in [2.75, 3.05) is 26.4 Å². The number of hydrogen-bond acceptors (Lipinski definition) is 3. The predicted octanol–water partition coefficient (Wildman–Crippen LogP) is 2.00. The highest BCUT2D eigenvalue weighted by Gasteiger charge is 1.96. The molecule has 0 amide bonds. The third-order valence-electron chi connectivity index (χ3n) is 1.93. The quantitative estimate of drug-likeness (QED) is 0.435. The monoisotopic (exact) mass is 240 g/mol. The fourth-order valence-electron chi connectivity index (χ4n) is 1.20. The van der Waals surface area contributed by atoms with Crippen LogP contribution in [0, 0.1) is 5.41 Å². The molecule has 5 heteroatoms. The molecule has 0 saturated heterocycles. The predicted molar refractivity (Wildman–Crippen MR) is 64.8 cm³/mol. The lowest BCUT2D eigenvalue weighted by atomic mass is 10.3. The molecule has 0 unspecified atom stereocenters. The van der Waals surface area contributed by atoms with Crippen molar-refractivity contribution in [3.05, 3.63) is 24.3 Å². The molecule has 0 aliphatic rings. The Morgan fingerprint density at radius 2 is 1.71 bits per heavy atom. The number of benzene rings is 1. The van der Waals surface area contributed by atoms with E-state index in [4.69, 9.17) is 14.9 Å². The minimum atomic E-state index is -0.493. The average Bonchev–Trinajstić information content (AvgIpc) is 2.33. The molecule has 0 aromatic heterocycles. The number of nitrogens with one attached hydrogen (secondary N) is 2. The fraction of sp³-hybridized carbons (Fsp3) is 0.417. The number of amidine groups is 1. The standard InChI is InChI=1S/C12H17FN2O2/c1-10(14)15-7-9-17-12-4-2-11(3-5-12)16-8-6-13/h2-5H,6-9H2,1H3,(H2,14,15). The van der Waals surface area contributed by atoms with Gasteiger partial charge in [-0.05, 0) is 31.2 Å². The molecule has 0 aliphatic heterocycles. The highest BCUT2D eigenvalue weighted by atomic mass is 19.1. The molecule has 2 N–H and O–H groups in total. The lowest BCUT2D eigenvalue weighted by Crippen LogP contribution is -2.24. The van der Waals surface area contributed by atoms with E-state index in [0.717, 1.165) is 5.75 Å². The van der Waals surface area contributed by atoms with Gasteiger partial charge in [0.05, 0.1) is 12.4 Å². The summed E-state index contributed by atoms with van der Waals surface area (Å²) >= 11 is 0. The van der Waals surface area contributed by atoms with Gasteiger partial charge in [0.25, 0.3) is 0 Å². The van der Waals surface area contributed by atoms with Gasteiger partial charge in [0.15, 0.2) is 0 Å². The summed E-state index contributed by atoms with van der Waals surface area (Å²) in [5, 5.41) is 10.0. The fourth-order valence-corrected chi connectivity index (χ4v) is 1.20. The third kappa shape index (κ3) is 5.75. The summed E-state index contributed by atoms with van der Waals surface area (Å²) in [6, 6.07) is 7.01. The van der Waals surface area contributed by atoms with Crippen molar-refractivity contribution < 1.29 is 13.9 Å². The highest BCUT2D eigenvalue weighted by molar-refractivity contribution is 5.75. The Kier molecular flexibility index (Phi) is 5.85. The first-order valence-electron chi connectivity index (χ1n) is 5.43. The summed E-state index contributed by atoms with van der Waals surface area (Å²) in [5.74, 6) is 1.77. The molecule has 1 aromatic carbocycles. The summed E-state index contributed by atoms with van der Waals surface area (Å²) in [6.45, 7) is 2.34. The molecular weight excluding hydrogens is 223 g/mol. The van der Waals surface area contributed by atoms with Crippen LogP contribution in [0.4, 0.5) is 4.39 Å². The van der Waals surface area contributed by atoms with Crippen LogP contribution >= 0.6 is 0 Å². The smallest absolute Gasteiger partial charge is 0.123 e. The van der Waals surface area contributed by atoms with Gasteiger partial charge in [-0.2, -0.15) is 0 Å². The van der Waals surface area contributed by atoms with E-state index in [0.29, 0.717) is 24.7 Å². The van der Waals surface area contributed by atoms with Gasteiger partial charge in [0.1, 0.15) is 31.4 Å². The van der Waals surface area contributed by atoms with E-state index in [2.05, 4.69) is 5.32 Å². The molecule has 0 fully saturated rings. The normalized spacial score (nSPS) is 9.76. The maximum Gasteiger partial charge on any atom is 0.123 e. The van der Waals surface area contributed by atoms with Crippen molar-refractivity contribution in [3.63, 3.8) is 0 Å². The topological polar surface area (TPSA) is 54.3 Å². The first-order chi connectivity index (χ1) is 8.22. The molecule has 0 saturated carbocycles. The molecule has 17 heavy (non-hydrogen) atoms. The maximum atomic E-state index is 11.9. The van der Waals surface area contributed by atoms with Crippen molar-refractivity contribution in [2.24, 2.45) is 0 Å². The number of rotatable bonds is 7. The molecule has 0 radical (unpaired) electrons. The lowest BCUT2D eigenvalue weighted by Gasteiger charge is -2.08. The van der Waals surface area contributed by atoms with Gasteiger partial charge in [0, 0.05) is 0 Å². The Hall–Kier alpha value is -1.78. The SMILES string of the molecule is CC(=N)NCCOc1ccc(OCCF)cc1. The zero-order chi connectivity index (χ0) is 12.5. The molecule has 0 spiro atoms. The van der Waals surface area contributed by atoms with Crippen molar-refractivity contribution in [2.45, 2.75) is 6.92 Å². The van der Waals surface area contributed by atoms with Gasteiger partial charge in [-0.1, -0.05) is 0 Å². The Morgan fingerprint density at radius 3 is 2.18 bits per heavy atom. The van der Waals surface area contributed by atoms with Gasteiger partial charge in [-0.25, -0.2) is 4.39 Å². The van der Waals surface area contributed by atoms with Gasteiger partial charge < -0.3 is 14.8 Å². The third-order valence-corrected chi connectivity index (χ3v) is 1.93. The van der Waals surface area contributed by atoms with Crippen LogP contribution in [0.2, 0.25) is 0 Å². The summed E-state index contributed by atoms with van der Waals surface area (Å²) in [5.41, 5.74) is 0. The molecule has 0 heterocycles. The molecule has 0 atom stereocenters. The van der Waals surface area contributed by atoms with Crippen LogP contribution in [0.1, 0.15) is 6.92 Å². The van der Waals surface area contributed by atoms with E-state index < -0.39 is 6.67 Å². The molecule has 4 nitrogen and oxygen atoms in total.